The summed E-state index contributed by atoms with van der Waals surface area (Å²) < 4.78 is 15.7. The van der Waals surface area contributed by atoms with Gasteiger partial charge in [-0.15, -0.1) is 0 Å². The van der Waals surface area contributed by atoms with E-state index in [0.29, 0.717) is 17.5 Å². The Hall–Kier alpha value is -3.15. The molecule has 1 aromatic heterocycles. The highest BCUT2D eigenvalue weighted by Crippen LogP contribution is 2.48. The fraction of sp³-hybridized carbons (Fsp3) is 0.200. The van der Waals surface area contributed by atoms with Crippen LogP contribution < -0.4 is 10.9 Å². The molecule has 4 rings (SSSR count). The van der Waals surface area contributed by atoms with E-state index in [2.05, 4.69) is 10.9 Å². The van der Waals surface area contributed by atoms with Crippen LogP contribution >= 0.6 is 0 Å². The number of rotatable bonds is 3. The van der Waals surface area contributed by atoms with Gasteiger partial charge in [-0.2, -0.15) is 0 Å². The number of carbonyl (C=O) groups excluding carboxylic acids is 2. The van der Waals surface area contributed by atoms with Crippen LogP contribution in [0.4, 0.5) is 4.39 Å². The van der Waals surface area contributed by atoms with Crippen LogP contribution in [0.1, 0.15) is 28.3 Å². The van der Waals surface area contributed by atoms with Gasteiger partial charge in [0.2, 0.25) is 5.91 Å². The van der Waals surface area contributed by atoms with Gasteiger partial charge in [0.1, 0.15) is 5.82 Å². The monoisotopic (exact) mass is 351 g/mol. The minimum Gasteiger partial charge on any atom is -0.350 e. The van der Waals surface area contributed by atoms with E-state index < -0.39 is 0 Å². The maximum Gasteiger partial charge on any atom is 0.271 e. The number of halogens is 1. The van der Waals surface area contributed by atoms with Crippen molar-refractivity contribution in [2.45, 2.75) is 12.3 Å². The van der Waals surface area contributed by atoms with Gasteiger partial charge < -0.3 is 4.57 Å². The molecule has 0 bridgehead atoms. The molecule has 5 nitrogen and oxygen atoms in total. The molecule has 2 amide bonds. The summed E-state index contributed by atoms with van der Waals surface area (Å²) >= 11 is 0. The molecule has 2 N–H and O–H groups in total. The van der Waals surface area contributed by atoms with E-state index in [9.17, 15) is 14.0 Å². The molecule has 1 aliphatic rings. The van der Waals surface area contributed by atoms with Crippen molar-refractivity contribution in [2.24, 2.45) is 13.0 Å². The molecular weight excluding hydrogens is 333 g/mol. The lowest BCUT2D eigenvalue weighted by atomic mass is 10.1. The molecule has 6 heteroatoms. The van der Waals surface area contributed by atoms with E-state index in [0.717, 1.165) is 10.9 Å². The van der Waals surface area contributed by atoms with E-state index >= 15 is 0 Å². The first-order valence-corrected chi connectivity index (χ1v) is 8.45. The van der Waals surface area contributed by atoms with Crippen molar-refractivity contribution in [1.29, 1.82) is 0 Å². The Morgan fingerprint density at radius 1 is 1.08 bits per heavy atom. The second-order valence-corrected chi connectivity index (χ2v) is 6.58. The Morgan fingerprint density at radius 2 is 1.81 bits per heavy atom. The standard InChI is InChI=1S/C20H18FN3O2/c1-24-11-16(13-7-3-5-9-18(13)24)20(26)23-22-19(25)15-10-14(15)12-6-2-4-8-17(12)21/h2-9,11,14-15H,10H2,1H3,(H,22,25)(H,23,26)/t14-,15+/m1/s1. The summed E-state index contributed by atoms with van der Waals surface area (Å²) in [5, 5.41) is 0.817. The van der Waals surface area contributed by atoms with Crippen molar-refractivity contribution < 1.29 is 14.0 Å². The number of nitrogens with one attached hydrogen (secondary N) is 2. The summed E-state index contributed by atoms with van der Waals surface area (Å²) in [6.45, 7) is 0. The number of para-hydroxylation sites is 1. The van der Waals surface area contributed by atoms with Crippen LogP contribution in [0, 0.1) is 11.7 Å². The Bertz CT molecular complexity index is 1010. The third-order valence-corrected chi connectivity index (χ3v) is 4.87. The number of aromatic nitrogens is 1. The van der Waals surface area contributed by atoms with Crippen LogP contribution in [0.25, 0.3) is 10.9 Å². The quantitative estimate of drug-likeness (QED) is 0.713. The highest BCUT2D eigenvalue weighted by Gasteiger charge is 2.45. The number of benzene rings is 2. The van der Waals surface area contributed by atoms with Gasteiger partial charge in [-0.25, -0.2) is 4.39 Å². The number of aryl methyl sites for hydroxylation is 1. The highest BCUT2D eigenvalue weighted by molar-refractivity contribution is 6.07. The zero-order valence-electron chi connectivity index (χ0n) is 14.2. The predicted molar refractivity (Wildman–Crippen MR) is 95.8 cm³/mol. The Labute approximate surface area is 149 Å². The third kappa shape index (κ3) is 2.83. The fourth-order valence-corrected chi connectivity index (χ4v) is 3.41. The molecule has 2 aromatic carbocycles. The second-order valence-electron chi connectivity index (χ2n) is 6.58. The van der Waals surface area contributed by atoms with Gasteiger partial charge in [-0.05, 0) is 30.0 Å². The number of hydrogen-bond donors (Lipinski definition) is 2. The van der Waals surface area contributed by atoms with Crippen molar-refractivity contribution in [3.8, 4) is 0 Å². The van der Waals surface area contributed by atoms with Gasteiger partial charge >= 0.3 is 0 Å². The van der Waals surface area contributed by atoms with Crippen LogP contribution in [0.3, 0.4) is 0 Å². The summed E-state index contributed by atoms with van der Waals surface area (Å²) in [5.74, 6) is -1.43. The summed E-state index contributed by atoms with van der Waals surface area (Å²) in [7, 11) is 1.86. The highest BCUT2D eigenvalue weighted by atomic mass is 19.1. The molecule has 0 saturated heterocycles. The van der Waals surface area contributed by atoms with Crippen LogP contribution in [-0.2, 0) is 11.8 Å². The van der Waals surface area contributed by atoms with E-state index in [1.807, 2.05) is 35.9 Å². The largest absolute Gasteiger partial charge is 0.350 e. The van der Waals surface area contributed by atoms with Crippen LogP contribution in [0.5, 0.6) is 0 Å². The van der Waals surface area contributed by atoms with Gasteiger partial charge in [0.25, 0.3) is 5.91 Å². The number of nitrogens with zero attached hydrogens (tertiary/aromatic N) is 1. The zero-order chi connectivity index (χ0) is 18.3. The van der Waals surface area contributed by atoms with E-state index in [1.54, 1.807) is 24.4 Å². The van der Waals surface area contributed by atoms with Gasteiger partial charge in [0.15, 0.2) is 0 Å². The second kappa shape index (κ2) is 6.29. The van der Waals surface area contributed by atoms with Gasteiger partial charge in [-0.1, -0.05) is 36.4 Å². The minimum atomic E-state index is -0.377. The van der Waals surface area contributed by atoms with Crippen LogP contribution in [0.15, 0.2) is 54.7 Å². The molecule has 0 aliphatic heterocycles. The van der Waals surface area contributed by atoms with Gasteiger partial charge in [0.05, 0.1) is 5.56 Å². The average molecular weight is 351 g/mol. The lowest BCUT2D eigenvalue weighted by Crippen LogP contribution is -2.42. The number of hydrogen-bond acceptors (Lipinski definition) is 2. The Morgan fingerprint density at radius 3 is 2.62 bits per heavy atom. The number of amides is 2. The summed E-state index contributed by atoms with van der Waals surface area (Å²) in [5.41, 5.74) is 6.91. The van der Waals surface area contributed by atoms with Crippen LogP contribution in [0.2, 0.25) is 0 Å². The first-order chi connectivity index (χ1) is 12.6. The lowest BCUT2D eigenvalue weighted by molar-refractivity contribution is -0.123. The molecule has 1 saturated carbocycles. The zero-order valence-corrected chi connectivity index (χ0v) is 14.2. The molecule has 1 heterocycles. The minimum absolute atomic E-state index is 0.134. The normalized spacial score (nSPS) is 18.5. The number of hydrazine groups is 1. The smallest absolute Gasteiger partial charge is 0.271 e. The molecule has 3 aromatic rings. The van der Waals surface area contributed by atoms with Gasteiger partial charge in [0, 0.05) is 30.1 Å². The van der Waals surface area contributed by atoms with Crippen LogP contribution in [-0.4, -0.2) is 16.4 Å². The lowest BCUT2D eigenvalue weighted by Gasteiger charge is -2.07. The molecular formula is C20H18FN3O2. The van der Waals surface area contributed by atoms with E-state index in [-0.39, 0.29) is 29.5 Å². The molecule has 0 unspecified atom stereocenters. The third-order valence-electron chi connectivity index (χ3n) is 4.87. The summed E-state index contributed by atoms with van der Waals surface area (Å²) in [4.78, 5) is 24.7. The van der Waals surface area contributed by atoms with Crippen molar-refractivity contribution in [3.63, 3.8) is 0 Å². The average Bonchev–Trinajstić information content (AvgIpc) is 3.38. The van der Waals surface area contributed by atoms with Crippen molar-refractivity contribution >= 4 is 22.7 Å². The SMILES string of the molecule is Cn1cc(C(=O)NNC(=O)[C@H]2C[C@@H]2c2ccccc2F)c2ccccc21. The number of carbonyl (C=O) groups is 2. The predicted octanol–water partition coefficient (Wildman–Crippen LogP) is 2.88. The first-order valence-electron chi connectivity index (χ1n) is 8.45. The molecule has 2 atom stereocenters. The van der Waals surface area contributed by atoms with Crippen molar-refractivity contribution in [2.75, 3.05) is 0 Å². The Kier molecular flexibility index (Phi) is 3.95. The van der Waals surface area contributed by atoms with Crippen molar-refractivity contribution in [1.82, 2.24) is 15.4 Å². The molecule has 0 spiro atoms. The molecule has 132 valence electrons. The van der Waals surface area contributed by atoms with Gasteiger partial charge in [-0.3, -0.25) is 20.4 Å². The fourth-order valence-electron chi connectivity index (χ4n) is 3.41. The molecule has 1 fully saturated rings. The molecule has 26 heavy (non-hydrogen) atoms. The maximum absolute atomic E-state index is 13.8. The summed E-state index contributed by atoms with van der Waals surface area (Å²) in [6, 6.07) is 14.0. The molecule has 0 radical (unpaired) electrons. The summed E-state index contributed by atoms with van der Waals surface area (Å²) in [6.07, 6.45) is 2.31. The topological polar surface area (TPSA) is 63.1 Å². The van der Waals surface area contributed by atoms with E-state index in [1.165, 1.54) is 6.07 Å². The first kappa shape index (κ1) is 16.3. The maximum atomic E-state index is 13.8. The molecule has 1 aliphatic carbocycles. The Balaban J connectivity index is 1.41. The number of fused-ring (bicyclic) bond motifs is 1. The van der Waals surface area contributed by atoms with Crippen molar-refractivity contribution in [3.05, 3.63) is 71.7 Å². The van der Waals surface area contributed by atoms with E-state index in [4.69, 9.17) is 0 Å².